The molecule has 3 N–H and O–H groups in total. The molecule has 0 bridgehead atoms. The summed E-state index contributed by atoms with van der Waals surface area (Å²) < 4.78 is 13.6. The average molecular weight is 296 g/mol. The third-order valence-corrected chi connectivity index (χ3v) is 5.67. The van der Waals surface area contributed by atoms with E-state index in [0.717, 1.165) is 16.6 Å². The molecule has 112 valence electrons. The van der Waals surface area contributed by atoms with Gasteiger partial charge < -0.3 is 0 Å². The maximum absolute atomic E-state index is 13.6. The van der Waals surface area contributed by atoms with Crippen molar-refractivity contribution in [3.8, 4) is 0 Å². The van der Waals surface area contributed by atoms with E-state index in [1.54, 1.807) is 17.8 Å². The largest absolute Gasteiger partial charge is 0.271 e. The number of nitrogens with one attached hydrogen (secondary N) is 1. The average Bonchev–Trinajstić information content (AvgIpc) is 2.50. The molecule has 1 aromatic carbocycles. The molecule has 0 aliphatic heterocycles. The maximum Gasteiger partial charge on any atom is 0.136 e. The lowest BCUT2D eigenvalue weighted by atomic mass is 9.78. The minimum Gasteiger partial charge on any atom is -0.271 e. The zero-order valence-corrected chi connectivity index (χ0v) is 13.0. The Kier molecular flexibility index (Phi) is 6.33. The van der Waals surface area contributed by atoms with Crippen molar-refractivity contribution in [3.05, 3.63) is 30.1 Å². The van der Waals surface area contributed by atoms with Crippen molar-refractivity contribution in [2.45, 2.75) is 50.0 Å². The molecule has 1 fully saturated rings. The standard InChI is InChI=1S/C16H25FN2S/c1-2-12-7-9-13(10-8-12)15(19-18)11-20-16-6-4-3-5-14(16)17/h3-6,12-13,15,19H,2,7-11,18H2,1H3. The number of halogens is 1. The Morgan fingerprint density at radius 1 is 1.30 bits per heavy atom. The summed E-state index contributed by atoms with van der Waals surface area (Å²) in [5.41, 5.74) is 2.95. The molecule has 0 heterocycles. The Morgan fingerprint density at radius 3 is 2.60 bits per heavy atom. The second kappa shape index (κ2) is 8.01. The first kappa shape index (κ1) is 15.8. The lowest BCUT2D eigenvalue weighted by Crippen LogP contribution is -2.44. The van der Waals surface area contributed by atoms with Gasteiger partial charge in [-0.25, -0.2) is 4.39 Å². The van der Waals surface area contributed by atoms with Crippen molar-refractivity contribution in [1.82, 2.24) is 5.43 Å². The summed E-state index contributed by atoms with van der Waals surface area (Å²) in [5.74, 6) is 7.93. The molecule has 4 heteroatoms. The summed E-state index contributed by atoms with van der Waals surface area (Å²) in [6.45, 7) is 2.28. The predicted molar refractivity (Wildman–Crippen MR) is 84.0 cm³/mol. The van der Waals surface area contributed by atoms with Gasteiger partial charge in [-0.05, 0) is 36.8 Å². The predicted octanol–water partition coefficient (Wildman–Crippen LogP) is 3.97. The van der Waals surface area contributed by atoms with Crippen molar-refractivity contribution in [2.24, 2.45) is 17.7 Å². The van der Waals surface area contributed by atoms with Gasteiger partial charge in [0.15, 0.2) is 0 Å². The molecule has 0 spiro atoms. The molecule has 1 aromatic rings. The maximum atomic E-state index is 13.6. The Hall–Kier alpha value is -0.580. The van der Waals surface area contributed by atoms with Crippen LogP contribution < -0.4 is 11.3 Å². The molecular formula is C16H25FN2S. The SMILES string of the molecule is CCC1CCC(C(CSc2ccccc2F)NN)CC1. The van der Waals surface area contributed by atoms with E-state index in [-0.39, 0.29) is 11.9 Å². The molecule has 1 saturated carbocycles. The topological polar surface area (TPSA) is 38.0 Å². The van der Waals surface area contributed by atoms with Crippen LogP contribution in [0.4, 0.5) is 4.39 Å². The highest BCUT2D eigenvalue weighted by molar-refractivity contribution is 7.99. The fourth-order valence-electron chi connectivity index (χ4n) is 3.06. The molecule has 2 rings (SSSR count). The smallest absolute Gasteiger partial charge is 0.136 e. The van der Waals surface area contributed by atoms with Gasteiger partial charge in [0.05, 0.1) is 0 Å². The molecular weight excluding hydrogens is 271 g/mol. The fraction of sp³-hybridized carbons (Fsp3) is 0.625. The Bertz CT molecular complexity index is 405. The number of benzene rings is 1. The second-order valence-corrected chi connectivity index (χ2v) is 6.77. The number of thioether (sulfide) groups is 1. The van der Waals surface area contributed by atoms with Gasteiger partial charge in [0.1, 0.15) is 5.82 Å². The second-order valence-electron chi connectivity index (χ2n) is 5.70. The lowest BCUT2D eigenvalue weighted by Gasteiger charge is -2.33. The van der Waals surface area contributed by atoms with Crippen LogP contribution >= 0.6 is 11.8 Å². The van der Waals surface area contributed by atoms with E-state index in [1.165, 1.54) is 38.2 Å². The van der Waals surface area contributed by atoms with Gasteiger partial charge >= 0.3 is 0 Å². The van der Waals surface area contributed by atoms with Crippen molar-refractivity contribution in [1.29, 1.82) is 0 Å². The molecule has 1 aliphatic rings. The number of rotatable bonds is 6. The minimum absolute atomic E-state index is 0.136. The normalized spacial score (nSPS) is 24.6. The third-order valence-electron chi connectivity index (χ3n) is 4.51. The van der Waals surface area contributed by atoms with Crippen LogP contribution in [0.2, 0.25) is 0 Å². The first-order chi connectivity index (χ1) is 9.74. The minimum atomic E-state index is -0.136. The van der Waals surface area contributed by atoms with Crippen LogP contribution in [0.1, 0.15) is 39.0 Å². The first-order valence-electron chi connectivity index (χ1n) is 7.58. The lowest BCUT2D eigenvalue weighted by molar-refractivity contribution is 0.228. The molecule has 0 saturated heterocycles. The van der Waals surface area contributed by atoms with Crippen molar-refractivity contribution in [3.63, 3.8) is 0 Å². The van der Waals surface area contributed by atoms with Gasteiger partial charge in [-0.1, -0.05) is 38.3 Å². The van der Waals surface area contributed by atoms with Gasteiger partial charge in [-0.2, -0.15) is 0 Å². The Balaban J connectivity index is 1.85. The van der Waals surface area contributed by atoms with Gasteiger partial charge in [-0.15, -0.1) is 11.8 Å². The van der Waals surface area contributed by atoms with Gasteiger partial charge in [-0.3, -0.25) is 11.3 Å². The van der Waals surface area contributed by atoms with E-state index in [4.69, 9.17) is 5.84 Å². The van der Waals surface area contributed by atoms with Crippen LogP contribution in [0.3, 0.4) is 0 Å². The van der Waals surface area contributed by atoms with E-state index in [0.29, 0.717) is 5.92 Å². The van der Waals surface area contributed by atoms with E-state index in [9.17, 15) is 4.39 Å². The summed E-state index contributed by atoms with van der Waals surface area (Å²) in [6.07, 6.45) is 6.39. The van der Waals surface area contributed by atoms with E-state index < -0.39 is 0 Å². The Labute approximate surface area is 125 Å². The first-order valence-corrected chi connectivity index (χ1v) is 8.56. The van der Waals surface area contributed by atoms with E-state index >= 15 is 0 Å². The highest BCUT2D eigenvalue weighted by Crippen LogP contribution is 2.34. The summed E-state index contributed by atoms with van der Waals surface area (Å²) in [5, 5.41) is 0. The third kappa shape index (κ3) is 4.21. The molecule has 1 aliphatic carbocycles. The van der Waals surface area contributed by atoms with Gasteiger partial charge in [0, 0.05) is 16.7 Å². The monoisotopic (exact) mass is 296 g/mol. The number of nitrogens with two attached hydrogens (primary N) is 1. The van der Waals surface area contributed by atoms with Crippen LogP contribution in [-0.2, 0) is 0 Å². The van der Waals surface area contributed by atoms with Gasteiger partial charge in [0.25, 0.3) is 0 Å². The van der Waals surface area contributed by atoms with Crippen molar-refractivity contribution in [2.75, 3.05) is 5.75 Å². The summed E-state index contributed by atoms with van der Waals surface area (Å²) in [6, 6.07) is 7.23. The Morgan fingerprint density at radius 2 is 2.00 bits per heavy atom. The van der Waals surface area contributed by atoms with Crippen LogP contribution in [0, 0.1) is 17.7 Å². The van der Waals surface area contributed by atoms with Gasteiger partial charge in [0.2, 0.25) is 0 Å². The zero-order valence-electron chi connectivity index (χ0n) is 12.1. The van der Waals surface area contributed by atoms with Crippen LogP contribution in [0.25, 0.3) is 0 Å². The van der Waals surface area contributed by atoms with E-state index in [2.05, 4.69) is 12.3 Å². The van der Waals surface area contributed by atoms with Crippen LogP contribution in [-0.4, -0.2) is 11.8 Å². The number of hydrogen-bond donors (Lipinski definition) is 2. The molecule has 0 radical (unpaired) electrons. The molecule has 0 amide bonds. The molecule has 1 unspecified atom stereocenters. The molecule has 2 nitrogen and oxygen atoms in total. The molecule has 0 aromatic heterocycles. The zero-order chi connectivity index (χ0) is 14.4. The molecule has 1 atom stereocenters. The highest BCUT2D eigenvalue weighted by Gasteiger charge is 2.26. The number of hydrazine groups is 1. The van der Waals surface area contributed by atoms with Crippen molar-refractivity contribution < 1.29 is 4.39 Å². The summed E-state index contributed by atoms with van der Waals surface area (Å²) in [4.78, 5) is 0.718. The summed E-state index contributed by atoms with van der Waals surface area (Å²) >= 11 is 1.56. The van der Waals surface area contributed by atoms with Crippen molar-refractivity contribution >= 4 is 11.8 Å². The fourth-order valence-corrected chi connectivity index (χ4v) is 4.17. The molecule has 20 heavy (non-hydrogen) atoms. The summed E-state index contributed by atoms with van der Waals surface area (Å²) in [7, 11) is 0. The van der Waals surface area contributed by atoms with Crippen LogP contribution in [0.15, 0.2) is 29.2 Å². The van der Waals surface area contributed by atoms with E-state index in [1.807, 2.05) is 12.1 Å². The quantitative estimate of drug-likeness (QED) is 0.474. The number of hydrogen-bond acceptors (Lipinski definition) is 3. The highest BCUT2D eigenvalue weighted by atomic mass is 32.2. The van der Waals surface area contributed by atoms with Crippen LogP contribution in [0.5, 0.6) is 0 Å².